The van der Waals surface area contributed by atoms with E-state index in [2.05, 4.69) is 4.98 Å². The van der Waals surface area contributed by atoms with Gasteiger partial charge in [0.1, 0.15) is 5.76 Å². The molecule has 0 aliphatic rings. The van der Waals surface area contributed by atoms with Crippen LogP contribution in [-0.2, 0) is 6.54 Å². The van der Waals surface area contributed by atoms with Gasteiger partial charge >= 0.3 is 0 Å². The van der Waals surface area contributed by atoms with Crippen LogP contribution in [0, 0.1) is 11.7 Å². The highest BCUT2D eigenvalue weighted by atomic mass is 32.1. The van der Waals surface area contributed by atoms with E-state index in [1.165, 1.54) is 0 Å². The maximum atomic E-state index is 5.22. The molecule has 1 N–H and O–H groups in total. The summed E-state index contributed by atoms with van der Waals surface area (Å²) in [5, 5.41) is 0. The third-order valence-electron chi connectivity index (χ3n) is 1.82. The minimum atomic E-state index is 0.691. The van der Waals surface area contributed by atoms with Crippen LogP contribution in [0.25, 0.3) is 0 Å². The van der Waals surface area contributed by atoms with E-state index in [1.54, 1.807) is 6.26 Å². The molecule has 2 heterocycles. The SMILES string of the molecule is Cc1cn(Cc2ccco2)c(=S)[nH]1. The topological polar surface area (TPSA) is 33.9 Å². The van der Waals surface area contributed by atoms with Crippen molar-refractivity contribution in [2.45, 2.75) is 13.5 Å². The normalized spacial score (nSPS) is 10.5. The molecule has 0 aliphatic heterocycles. The van der Waals surface area contributed by atoms with Crippen LogP contribution in [0.3, 0.4) is 0 Å². The Kier molecular flexibility index (Phi) is 2.06. The van der Waals surface area contributed by atoms with Gasteiger partial charge in [0.25, 0.3) is 0 Å². The first-order valence-corrected chi connectivity index (χ1v) is 4.45. The molecule has 3 nitrogen and oxygen atoms in total. The Labute approximate surface area is 81.0 Å². The number of nitrogens with zero attached hydrogens (tertiary/aromatic N) is 1. The number of aromatic nitrogens is 2. The van der Waals surface area contributed by atoms with Gasteiger partial charge in [0, 0.05) is 11.9 Å². The first-order valence-electron chi connectivity index (χ1n) is 4.04. The van der Waals surface area contributed by atoms with Crippen molar-refractivity contribution in [2.24, 2.45) is 0 Å². The van der Waals surface area contributed by atoms with Crippen molar-refractivity contribution in [2.75, 3.05) is 0 Å². The summed E-state index contributed by atoms with van der Waals surface area (Å²) in [4.78, 5) is 3.06. The van der Waals surface area contributed by atoms with Crippen molar-refractivity contribution in [1.29, 1.82) is 0 Å². The Balaban J connectivity index is 2.28. The molecular weight excluding hydrogens is 184 g/mol. The summed E-state index contributed by atoms with van der Waals surface area (Å²) in [5.41, 5.74) is 1.07. The number of aryl methyl sites for hydroxylation is 1. The van der Waals surface area contributed by atoms with E-state index in [-0.39, 0.29) is 0 Å². The van der Waals surface area contributed by atoms with Crippen molar-refractivity contribution >= 4 is 12.2 Å². The summed E-state index contributed by atoms with van der Waals surface area (Å²) in [5.74, 6) is 0.912. The van der Waals surface area contributed by atoms with Gasteiger partial charge in [-0.1, -0.05) is 0 Å². The Morgan fingerprint density at radius 2 is 2.46 bits per heavy atom. The van der Waals surface area contributed by atoms with Crippen LogP contribution in [-0.4, -0.2) is 9.55 Å². The van der Waals surface area contributed by atoms with E-state index in [1.807, 2.05) is 29.8 Å². The molecule has 2 rings (SSSR count). The summed E-state index contributed by atoms with van der Waals surface area (Å²) < 4.78 is 7.90. The van der Waals surface area contributed by atoms with Gasteiger partial charge < -0.3 is 14.0 Å². The average molecular weight is 194 g/mol. The first kappa shape index (κ1) is 8.31. The summed E-state index contributed by atoms with van der Waals surface area (Å²) >= 11 is 5.11. The van der Waals surface area contributed by atoms with Crippen LogP contribution in [0.1, 0.15) is 11.5 Å². The van der Waals surface area contributed by atoms with E-state index >= 15 is 0 Å². The van der Waals surface area contributed by atoms with Gasteiger partial charge in [0.05, 0.1) is 12.8 Å². The maximum absolute atomic E-state index is 5.22. The third-order valence-corrected chi connectivity index (χ3v) is 2.16. The molecular formula is C9H10N2OS. The van der Waals surface area contributed by atoms with Gasteiger partial charge in [-0.25, -0.2) is 0 Å². The fourth-order valence-corrected chi connectivity index (χ4v) is 1.53. The molecule has 0 aliphatic carbocycles. The Morgan fingerprint density at radius 3 is 3.00 bits per heavy atom. The van der Waals surface area contributed by atoms with E-state index in [9.17, 15) is 0 Å². The number of H-pyrrole nitrogens is 1. The van der Waals surface area contributed by atoms with Gasteiger partial charge in [-0.15, -0.1) is 0 Å². The van der Waals surface area contributed by atoms with Crippen molar-refractivity contribution in [3.8, 4) is 0 Å². The summed E-state index contributed by atoms with van der Waals surface area (Å²) in [6, 6.07) is 3.81. The highest BCUT2D eigenvalue weighted by Crippen LogP contribution is 2.05. The van der Waals surface area contributed by atoms with Gasteiger partial charge in [-0.05, 0) is 31.3 Å². The molecule has 4 heteroatoms. The lowest BCUT2D eigenvalue weighted by molar-refractivity contribution is 0.492. The molecule has 13 heavy (non-hydrogen) atoms. The van der Waals surface area contributed by atoms with Gasteiger partial charge in [0.2, 0.25) is 0 Å². The molecule has 2 aromatic rings. The number of aromatic amines is 1. The minimum absolute atomic E-state index is 0.691. The second-order valence-electron chi connectivity index (χ2n) is 2.95. The van der Waals surface area contributed by atoms with Crippen LogP contribution in [0.5, 0.6) is 0 Å². The highest BCUT2D eigenvalue weighted by Gasteiger charge is 1.99. The lowest BCUT2D eigenvalue weighted by Gasteiger charge is -1.96. The molecule has 0 unspecified atom stereocenters. The van der Waals surface area contributed by atoms with Crippen molar-refractivity contribution in [3.05, 3.63) is 40.8 Å². The van der Waals surface area contributed by atoms with Crippen LogP contribution in [0.15, 0.2) is 29.0 Å². The fourth-order valence-electron chi connectivity index (χ4n) is 1.25. The zero-order valence-corrected chi connectivity index (χ0v) is 8.10. The van der Waals surface area contributed by atoms with Crippen LogP contribution < -0.4 is 0 Å². The maximum Gasteiger partial charge on any atom is 0.177 e. The van der Waals surface area contributed by atoms with Crippen molar-refractivity contribution in [3.63, 3.8) is 0 Å². The van der Waals surface area contributed by atoms with Gasteiger partial charge in [-0.3, -0.25) is 0 Å². The first-order chi connectivity index (χ1) is 6.25. The standard InChI is InChI=1S/C9H10N2OS/c1-7-5-11(9(13)10-7)6-8-3-2-4-12-8/h2-5H,6H2,1H3,(H,10,13). The smallest absolute Gasteiger partial charge is 0.177 e. The third kappa shape index (κ3) is 1.72. The predicted molar refractivity (Wildman–Crippen MR) is 52.2 cm³/mol. The molecule has 0 bridgehead atoms. The molecule has 0 fully saturated rings. The molecule has 0 saturated carbocycles. The number of hydrogen-bond acceptors (Lipinski definition) is 2. The molecule has 0 spiro atoms. The van der Waals surface area contributed by atoms with Crippen molar-refractivity contribution in [1.82, 2.24) is 9.55 Å². The zero-order chi connectivity index (χ0) is 9.26. The molecule has 0 saturated heterocycles. The molecule has 68 valence electrons. The predicted octanol–water partition coefficient (Wildman–Crippen LogP) is 2.50. The molecule has 2 aromatic heterocycles. The van der Waals surface area contributed by atoms with Gasteiger partial charge in [-0.2, -0.15) is 0 Å². The van der Waals surface area contributed by atoms with E-state index < -0.39 is 0 Å². The summed E-state index contributed by atoms with van der Waals surface area (Å²) in [6.07, 6.45) is 3.64. The number of nitrogens with one attached hydrogen (secondary N) is 1. The van der Waals surface area contributed by atoms with Crippen LogP contribution >= 0.6 is 12.2 Å². The molecule has 0 radical (unpaired) electrons. The minimum Gasteiger partial charge on any atom is -0.467 e. The quantitative estimate of drug-likeness (QED) is 0.745. The number of imidazole rings is 1. The Bertz CT molecular complexity index is 438. The second kappa shape index (κ2) is 3.22. The Hall–Kier alpha value is -1.29. The summed E-state index contributed by atoms with van der Waals surface area (Å²) in [7, 11) is 0. The van der Waals surface area contributed by atoms with E-state index in [0.29, 0.717) is 6.54 Å². The zero-order valence-electron chi connectivity index (χ0n) is 7.28. The van der Waals surface area contributed by atoms with E-state index in [4.69, 9.17) is 16.6 Å². The highest BCUT2D eigenvalue weighted by molar-refractivity contribution is 7.71. The fraction of sp³-hybridized carbons (Fsp3) is 0.222. The lowest BCUT2D eigenvalue weighted by atomic mass is 10.4. The van der Waals surface area contributed by atoms with Crippen molar-refractivity contribution < 1.29 is 4.42 Å². The molecule has 0 aromatic carbocycles. The Morgan fingerprint density at radius 1 is 1.62 bits per heavy atom. The van der Waals surface area contributed by atoms with E-state index in [0.717, 1.165) is 16.2 Å². The number of hydrogen-bond donors (Lipinski definition) is 1. The monoisotopic (exact) mass is 194 g/mol. The average Bonchev–Trinajstić information content (AvgIpc) is 2.63. The largest absolute Gasteiger partial charge is 0.467 e. The van der Waals surface area contributed by atoms with Crippen LogP contribution in [0.4, 0.5) is 0 Å². The lowest BCUT2D eigenvalue weighted by Crippen LogP contribution is -1.96. The summed E-state index contributed by atoms with van der Waals surface area (Å²) in [6.45, 7) is 2.67. The number of rotatable bonds is 2. The number of furan rings is 1. The van der Waals surface area contributed by atoms with Crippen LogP contribution in [0.2, 0.25) is 0 Å². The molecule has 0 amide bonds. The molecule has 0 atom stereocenters. The second-order valence-corrected chi connectivity index (χ2v) is 3.34. The van der Waals surface area contributed by atoms with Gasteiger partial charge in [0.15, 0.2) is 4.77 Å².